The number of nitrogens with zero attached hydrogens (tertiary/aromatic N) is 1. The second-order valence-corrected chi connectivity index (χ2v) is 6.79. The lowest BCUT2D eigenvalue weighted by molar-refractivity contribution is -0.153. The maximum atomic E-state index is 12.4. The van der Waals surface area contributed by atoms with E-state index >= 15 is 0 Å². The van der Waals surface area contributed by atoms with Crippen LogP contribution in [0.4, 0.5) is 0 Å². The molecule has 3 atom stereocenters. The molecule has 1 saturated heterocycles. The Balaban J connectivity index is 2.03. The first-order chi connectivity index (χ1) is 11.3. The van der Waals surface area contributed by atoms with E-state index in [1.54, 1.807) is 0 Å². The molecule has 1 fully saturated rings. The van der Waals surface area contributed by atoms with E-state index in [0.717, 1.165) is 5.56 Å². The summed E-state index contributed by atoms with van der Waals surface area (Å²) in [5.41, 5.74) is -0.560. The fourth-order valence-electron chi connectivity index (χ4n) is 3.51. The van der Waals surface area contributed by atoms with Gasteiger partial charge in [0.2, 0.25) is 17.4 Å². The van der Waals surface area contributed by atoms with Gasteiger partial charge in [0.05, 0.1) is 0 Å². The van der Waals surface area contributed by atoms with Crippen molar-refractivity contribution in [3.05, 3.63) is 47.5 Å². The molecule has 1 N–H and O–H groups in total. The summed E-state index contributed by atoms with van der Waals surface area (Å²) in [6, 6.07) is 10.2. The Labute approximate surface area is 141 Å². The molecule has 2 heterocycles. The Kier molecular flexibility index (Phi) is 3.81. The number of ether oxygens (including phenoxy) is 1. The molecule has 1 unspecified atom stereocenters. The zero-order chi connectivity index (χ0) is 17.5. The first-order valence-electron chi connectivity index (χ1n) is 8.05. The van der Waals surface area contributed by atoms with Crippen molar-refractivity contribution in [3.8, 4) is 6.07 Å². The van der Waals surface area contributed by atoms with Gasteiger partial charge < -0.3 is 10.1 Å². The Bertz CT molecular complexity index is 760. The number of carbonyl (C=O) groups is 2. The van der Waals surface area contributed by atoms with Crippen molar-refractivity contribution >= 4 is 11.7 Å². The van der Waals surface area contributed by atoms with Crippen molar-refractivity contribution in [2.75, 3.05) is 0 Å². The predicted molar refractivity (Wildman–Crippen MR) is 88.0 cm³/mol. The van der Waals surface area contributed by atoms with Crippen LogP contribution in [0.1, 0.15) is 50.2 Å². The lowest BCUT2D eigenvalue weighted by Crippen LogP contribution is -2.56. The SMILES string of the molecule is CC(=O)N[C@@]12CC(c3ccc(C(C)C)cc3)[C@@](C#N)(C=CC1=O)O2. The van der Waals surface area contributed by atoms with Gasteiger partial charge in [0.1, 0.15) is 6.07 Å². The number of ketones is 1. The first-order valence-corrected chi connectivity index (χ1v) is 8.05. The number of hydrogen-bond acceptors (Lipinski definition) is 4. The van der Waals surface area contributed by atoms with Gasteiger partial charge in [-0.05, 0) is 29.2 Å². The van der Waals surface area contributed by atoms with Gasteiger partial charge in [-0.25, -0.2) is 0 Å². The molecule has 1 aromatic carbocycles. The molecular weight excluding hydrogens is 304 g/mol. The molecule has 0 saturated carbocycles. The quantitative estimate of drug-likeness (QED) is 0.926. The van der Waals surface area contributed by atoms with E-state index in [4.69, 9.17) is 4.74 Å². The van der Waals surface area contributed by atoms with Gasteiger partial charge in [-0.15, -0.1) is 0 Å². The van der Waals surface area contributed by atoms with Gasteiger partial charge >= 0.3 is 0 Å². The van der Waals surface area contributed by atoms with E-state index in [-0.39, 0.29) is 24.0 Å². The van der Waals surface area contributed by atoms with E-state index in [2.05, 4.69) is 25.2 Å². The number of nitrogens with one attached hydrogen (secondary N) is 1. The third-order valence-electron chi connectivity index (χ3n) is 4.79. The highest BCUT2D eigenvalue weighted by atomic mass is 16.6. The second-order valence-electron chi connectivity index (χ2n) is 6.79. The molecule has 0 aromatic heterocycles. The van der Waals surface area contributed by atoms with E-state index in [9.17, 15) is 14.9 Å². The van der Waals surface area contributed by atoms with Gasteiger partial charge in [0.25, 0.3) is 0 Å². The summed E-state index contributed by atoms with van der Waals surface area (Å²) in [7, 11) is 0. The summed E-state index contributed by atoms with van der Waals surface area (Å²) >= 11 is 0. The van der Waals surface area contributed by atoms with E-state index in [1.165, 1.54) is 24.6 Å². The molecule has 0 aliphatic carbocycles. The number of amides is 1. The number of hydrogen-bond donors (Lipinski definition) is 1. The van der Waals surface area contributed by atoms with E-state index < -0.39 is 11.3 Å². The summed E-state index contributed by atoms with van der Waals surface area (Å²) in [5, 5.41) is 12.3. The molecule has 1 aromatic rings. The molecule has 5 nitrogen and oxygen atoms in total. The van der Waals surface area contributed by atoms with E-state index in [1.807, 2.05) is 24.3 Å². The van der Waals surface area contributed by atoms with Crippen LogP contribution in [0.25, 0.3) is 0 Å². The van der Waals surface area contributed by atoms with Gasteiger partial charge in [0, 0.05) is 19.3 Å². The third kappa shape index (κ3) is 2.44. The maximum absolute atomic E-state index is 12.4. The molecular formula is C19H20N2O3. The molecule has 0 radical (unpaired) electrons. The topological polar surface area (TPSA) is 79.2 Å². The monoisotopic (exact) mass is 324 g/mol. The summed E-state index contributed by atoms with van der Waals surface area (Å²) in [5.74, 6) is -0.598. The Morgan fingerprint density at radius 1 is 1.38 bits per heavy atom. The Hall–Kier alpha value is -2.45. The van der Waals surface area contributed by atoms with Gasteiger partial charge in [-0.1, -0.05) is 38.1 Å². The lowest BCUT2D eigenvalue weighted by Gasteiger charge is -2.32. The average molecular weight is 324 g/mol. The highest BCUT2D eigenvalue weighted by Crippen LogP contribution is 2.50. The molecule has 0 spiro atoms. The molecule has 124 valence electrons. The largest absolute Gasteiger partial charge is 0.322 e. The minimum absolute atomic E-state index is 0.243. The number of fused-ring (bicyclic) bond motifs is 2. The number of carbonyl (C=O) groups excluding carboxylic acids is 2. The fraction of sp³-hybridized carbons (Fsp3) is 0.421. The molecule has 1 amide bonds. The Morgan fingerprint density at radius 2 is 2.04 bits per heavy atom. The summed E-state index contributed by atoms with van der Waals surface area (Å²) in [6.07, 6.45) is 3.11. The smallest absolute Gasteiger partial charge is 0.219 e. The molecule has 2 bridgehead atoms. The first kappa shape index (κ1) is 16.4. The van der Waals surface area contributed by atoms with Crippen molar-refractivity contribution in [2.45, 2.75) is 50.4 Å². The van der Waals surface area contributed by atoms with Crippen LogP contribution in [0.3, 0.4) is 0 Å². The predicted octanol–water partition coefficient (Wildman–Crippen LogP) is 2.55. The van der Waals surface area contributed by atoms with Crippen molar-refractivity contribution in [2.24, 2.45) is 0 Å². The summed E-state index contributed by atoms with van der Waals surface area (Å²) in [6.45, 7) is 5.57. The van der Waals surface area contributed by atoms with Crippen LogP contribution >= 0.6 is 0 Å². The van der Waals surface area contributed by atoms with Crippen LogP contribution in [0.5, 0.6) is 0 Å². The van der Waals surface area contributed by atoms with Crippen LogP contribution in [0, 0.1) is 11.3 Å². The van der Waals surface area contributed by atoms with Crippen molar-refractivity contribution in [3.63, 3.8) is 0 Å². The highest BCUT2D eigenvalue weighted by Gasteiger charge is 2.61. The average Bonchev–Trinajstić information content (AvgIpc) is 2.82. The molecule has 2 aliphatic rings. The maximum Gasteiger partial charge on any atom is 0.219 e. The summed E-state index contributed by atoms with van der Waals surface area (Å²) < 4.78 is 5.86. The number of benzene rings is 1. The van der Waals surface area contributed by atoms with Crippen LogP contribution in [0.2, 0.25) is 0 Å². The molecule has 2 aliphatic heterocycles. The molecule has 3 rings (SSSR count). The van der Waals surface area contributed by atoms with Crippen molar-refractivity contribution in [1.29, 1.82) is 5.26 Å². The molecule has 24 heavy (non-hydrogen) atoms. The van der Waals surface area contributed by atoms with Crippen molar-refractivity contribution in [1.82, 2.24) is 5.32 Å². The minimum atomic E-state index is -1.45. The Morgan fingerprint density at radius 3 is 2.58 bits per heavy atom. The number of rotatable bonds is 3. The third-order valence-corrected chi connectivity index (χ3v) is 4.79. The van der Waals surface area contributed by atoms with Crippen LogP contribution in [-0.2, 0) is 14.3 Å². The normalized spacial score (nSPS) is 31.1. The zero-order valence-electron chi connectivity index (χ0n) is 14.0. The highest BCUT2D eigenvalue weighted by molar-refractivity contribution is 6.01. The number of nitriles is 1. The van der Waals surface area contributed by atoms with Crippen LogP contribution < -0.4 is 5.32 Å². The van der Waals surface area contributed by atoms with Crippen LogP contribution in [-0.4, -0.2) is 23.0 Å². The standard InChI is InChI=1S/C19H20N2O3/c1-12(2)14-4-6-15(7-5-14)16-10-19(21-13(3)22)17(23)8-9-18(16,11-20)24-19/h4-9,12,16H,10H2,1-3H3,(H,21,22)/t16?,18-,19+/m0/s1. The van der Waals surface area contributed by atoms with E-state index in [0.29, 0.717) is 5.92 Å². The molecule has 5 heteroatoms. The van der Waals surface area contributed by atoms with Gasteiger partial charge in [0.15, 0.2) is 5.60 Å². The lowest BCUT2D eigenvalue weighted by atomic mass is 9.81. The second kappa shape index (κ2) is 5.57. The zero-order valence-corrected chi connectivity index (χ0v) is 14.0. The summed E-state index contributed by atoms with van der Waals surface area (Å²) in [4.78, 5) is 23.9. The van der Waals surface area contributed by atoms with Crippen LogP contribution in [0.15, 0.2) is 36.4 Å². The van der Waals surface area contributed by atoms with Crippen molar-refractivity contribution < 1.29 is 14.3 Å². The van der Waals surface area contributed by atoms with Gasteiger partial charge in [-0.3, -0.25) is 9.59 Å². The fourth-order valence-corrected chi connectivity index (χ4v) is 3.51. The van der Waals surface area contributed by atoms with Gasteiger partial charge in [-0.2, -0.15) is 5.26 Å². The minimum Gasteiger partial charge on any atom is -0.322 e.